The van der Waals surface area contributed by atoms with Gasteiger partial charge in [-0.05, 0) is 43.7 Å². The molecule has 6 nitrogen and oxygen atoms in total. The van der Waals surface area contributed by atoms with Crippen molar-refractivity contribution in [3.63, 3.8) is 0 Å². The van der Waals surface area contributed by atoms with Gasteiger partial charge < -0.3 is 15.2 Å². The average Bonchev–Trinajstić information content (AvgIpc) is 3.35. The lowest BCUT2D eigenvalue weighted by Crippen LogP contribution is -2.55. The van der Waals surface area contributed by atoms with Gasteiger partial charge in [0.15, 0.2) is 11.6 Å². The standard InChI is InChI=1S/C19H25FN2O4/c20-16-3-1-2-4-17(16)26-8-7-18(23)21-14-9-15(10-14)22(12-19(24)25)11-13-5-6-13/h1-4,13-15H,5-12H2,(H,21,23)(H,24,25). The van der Waals surface area contributed by atoms with Crippen molar-refractivity contribution in [3.8, 4) is 5.75 Å². The van der Waals surface area contributed by atoms with E-state index in [0.29, 0.717) is 5.92 Å². The molecule has 3 rings (SSSR count). The predicted molar refractivity (Wildman–Crippen MR) is 93.4 cm³/mol. The lowest BCUT2D eigenvalue weighted by molar-refractivity contribution is -0.140. The summed E-state index contributed by atoms with van der Waals surface area (Å²) >= 11 is 0. The number of carbonyl (C=O) groups excluding carboxylic acids is 1. The fraction of sp³-hybridized carbons (Fsp3) is 0.579. The fourth-order valence-corrected chi connectivity index (χ4v) is 3.27. The van der Waals surface area contributed by atoms with Crippen molar-refractivity contribution in [2.45, 2.75) is 44.2 Å². The number of halogens is 1. The molecule has 2 aliphatic carbocycles. The molecule has 0 aromatic heterocycles. The molecule has 0 atom stereocenters. The molecule has 0 radical (unpaired) electrons. The van der Waals surface area contributed by atoms with Crippen molar-refractivity contribution in [2.75, 3.05) is 19.7 Å². The molecule has 2 fully saturated rings. The van der Waals surface area contributed by atoms with Crippen LogP contribution in [-0.2, 0) is 9.59 Å². The molecule has 142 valence electrons. The van der Waals surface area contributed by atoms with Gasteiger partial charge in [-0.1, -0.05) is 12.1 Å². The highest BCUT2D eigenvalue weighted by Gasteiger charge is 2.37. The minimum absolute atomic E-state index is 0.0678. The molecule has 0 bridgehead atoms. The zero-order valence-corrected chi connectivity index (χ0v) is 14.7. The summed E-state index contributed by atoms with van der Waals surface area (Å²) in [6, 6.07) is 6.41. The molecule has 2 N–H and O–H groups in total. The van der Waals surface area contributed by atoms with Crippen LogP contribution in [0.4, 0.5) is 4.39 Å². The number of carbonyl (C=O) groups is 2. The minimum atomic E-state index is -0.802. The first-order valence-electron chi connectivity index (χ1n) is 9.14. The van der Waals surface area contributed by atoms with E-state index in [9.17, 15) is 14.0 Å². The second-order valence-corrected chi connectivity index (χ2v) is 7.19. The molecule has 1 aromatic rings. The molecule has 26 heavy (non-hydrogen) atoms. The topological polar surface area (TPSA) is 78.9 Å². The van der Waals surface area contributed by atoms with Crippen molar-refractivity contribution >= 4 is 11.9 Å². The summed E-state index contributed by atoms with van der Waals surface area (Å²) in [4.78, 5) is 25.0. The van der Waals surface area contributed by atoms with Crippen molar-refractivity contribution in [3.05, 3.63) is 30.1 Å². The number of aliphatic carboxylic acids is 1. The number of hydrogen-bond acceptors (Lipinski definition) is 4. The maximum absolute atomic E-state index is 13.4. The minimum Gasteiger partial charge on any atom is -0.490 e. The van der Waals surface area contributed by atoms with Crippen molar-refractivity contribution in [2.24, 2.45) is 5.92 Å². The number of amides is 1. The summed E-state index contributed by atoms with van der Waals surface area (Å²) in [6.45, 7) is 1.03. The van der Waals surface area contributed by atoms with Crippen LogP contribution in [0.15, 0.2) is 24.3 Å². The van der Waals surface area contributed by atoms with Crippen LogP contribution in [0.25, 0.3) is 0 Å². The van der Waals surface area contributed by atoms with Crippen LogP contribution >= 0.6 is 0 Å². The van der Waals surface area contributed by atoms with Crippen LogP contribution < -0.4 is 10.1 Å². The molecular formula is C19H25FN2O4. The molecule has 0 unspecified atom stereocenters. The van der Waals surface area contributed by atoms with E-state index in [4.69, 9.17) is 9.84 Å². The third kappa shape index (κ3) is 5.42. The Bertz CT molecular complexity index is 644. The third-order valence-electron chi connectivity index (χ3n) is 4.95. The van der Waals surface area contributed by atoms with Gasteiger partial charge in [-0.15, -0.1) is 0 Å². The van der Waals surface area contributed by atoms with Gasteiger partial charge in [-0.2, -0.15) is 0 Å². The van der Waals surface area contributed by atoms with E-state index in [1.54, 1.807) is 12.1 Å². The first-order chi connectivity index (χ1) is 12.5. The van der Waals surface area contributed by atoms with Crippen molar-refractivity contribution in [1.29, 1.82) is 0 Å². The third-order valence-corrected chi connectivity index (χ3v) is 4.95. The summed E-state index contributed by atoms with van der Waals surface area (Å²) in [6.07, 6.45) is 4.09. The van der Waals surface area contributed by atoms with Crippen molar-refractivity contribution in [1.82, 2.24) is 10.2 Å². The van der Waals surface area contributed by atoms with Crippen LogP contribution in [0, 0.1) is 11.7 Å². The van der Waals surface area contributed by atoms with Crippen molar-refractivity contribution < 1.29 is 23.8 Å². The summed E-state index contributed by atoms with van der Waals surface area (Å²) < 4.78 is 18.7. The SMILES string of the molecule is O=C(O)CN(CC1CC1)C1CC(NC(=O)CCOc2ccccc2F)C1. The van der Waals surface area contributed by atoms with E-state index < -0.39 is 11.8 Å². The Morgan fingerprint density at radius 3 is 2.65 bits per heavy atom. The summed E-state index contributed by atoms with van der Waals surface area (Å²) in [5.74, 6) is -0.587. The Kier molecular flexibility index (Phi) is 6.08. The lowest BCUT2D eigenvalue weighted by Gasteiger charge is -2.42. The molecule has 0 heterocycles. The fourth-order valence-electron chi connectivity index (χ4n) is 3.27. The summed E-state index contributed by atoms with van der Waals surface area (Å²) in [5.41, 5.74) is 0. The van der Waals surface area contributed by atoms with Gasteiger partial charge in [-0.3, -0.25) is 14.5 Å². The van der Waals surface area contributed by atoms with Gasteiger partial charge in [0, 0.05) is 18.6 Å². The number of rotatable bonds is 10. The monoisotopic (exact) mass is 364 g/mol. The van der Waals surface area contributed by atoms with E-state index in [1.807, 2.05) is 4.90 Å². The normalized spacial score (nSPS) is 21.9. The Hall–Kier alpha value is -2.15. The number of carboxylic acid groups (broad SMARTS) is 1. The van der Waals surface area contributed by atoms with Crippen LogP contribution in [0.1, 0.15) is 32.1 Å². The number of para-hydroxylation sites is 1. The Morgan fingerprint density at radius 1 is 1.27 bits per heavy atom. The maximum Gasteiger partial charge on any atom is 0.317 e. The Balaban J connectivity index is 1.34. The number of benzene rings is 1. The van der Waals surface area contributed by atoms with Gasteiger partial charge >= 0.3 is 5.97 Å². The average molecular weight is 364 g/mol. The zero-order valence-electron chi connectivity index (χ0n) is 14.7. The van der Waals surface area contributed by atoms with E-state index in [1.165, 1.54) is 25.0 Å². The van der Waals surface area contributed by atoms with Crippen LogP contribution in [-0.4, -0.2) is 53.7 Å². The van der Waals surface area contributed by atoms with E-state index in [2.05, 4.69) is 5.32 Å². The molecule has 0 saturated heterocycles. The number of nitrogens with zero attached hydrogens (tertiary/aromatic N) is 1. The Morgan fingerprint density at radius 2 is 2.00 bits per heavy atom. The highest BCUT2D eigenvalue weighted by atomic mass is 19.1. The van der Waals surface area contributed by atoms with Gasteiger partial charge in [0.05, 0.1) is 19.6 Å². The highest BCUT2D eigenvalue weighted by Crippen LogP contribution is 2.33. The lowest BCUT2D eigenvalue weighted by atomic mass is 9.85. The molecule has 7 heteroatoms. The molecule has 2 aliphatic rings. The molecule has 1 amide bonds. The first-order valence-corrected chi connectivity index (χ1v) is 9.14. The van der Waals surface area contributed by atoms with Crippen LogP contribution in [0.2, 0.25) is 0 Å². The first kappa shape index (κ1) is 18.6. The number of carboxylic acids is 1. The Labute approximate surface area is 152 Å². The van der Waals surface area contributed by atoms with Gasteiger partial charge in [0.2, 0.25) is 5.91 Å². The molecule has 0 spiro atoms. The van der Waals surface area contributed by atoms with Gasteiger partial charge in [0.1, 0.15) is 0 Å². The second kappa shape index (κ2) is 8.49. The van der Waals surface area contributed by atoms with Crippen LogP contribution in [0.3, 0.4) is 0 Å². The zero-order chi connectivity index (χ0) is 18.5. The molecular weight excluding hydrogens is 339 g/mol. The summed E-state index contributed by atoms with van der Waals surface area (Å²) in [5, 5.41) is 12.0. The number of nitrogens with one attached hydrogen (secondary N) is 1. The van der Waals surface area contributed by atoms with E-state index >= 15 is 0 Å². The van der Waals surface area contributed by atoms with E-state index in [-0.39, 0.29) is 43.3 Å². The largest absolute Gasteiger partial charge is 0.490 e. The van der Waals surface area contributed by atoms with Crippen LogP contribution in [0.5, 0.6) is 5.75 Å². The number of ether oxygens (including phenoxy) is 1. The predicted octanol–water partition coefficient (Wildman–Crippen LogP) is 2.04. The highest BCUT2D eigenvalue weighted by molar-refractivity contribution is 5.76. The van der Waals surface area contributed by atoms with E-state index in [0.717, 1.165) is 19.4 Å². The molecule has 1 aromatic carbocycles. The smallest absolute Gasteiger partial charge is 0.317 e. The maximum atomic E-state index is 13.4. The molecule has 2 saturated carbocycles. The second-order valence-electron chi connectivity index (χ2n) is 7.19. The van der Waals surface area contributed by atoms with Gasteiger partial charge in [-0.25, -0.2) is 4.39 Å². The summed E-state index contributed by atoms with van der Waals surface area (Å²) in [7, 11) is 0. The molecule has 0 aliphatic heterocycles. The number of hydrogen-bond donors (Lipinski definition) is 2. The van der Waals surface area contributed by atoms with Gasteiger partial charge in [0.25, 0.3) is 0 Å². The quantitative estimate of drug-likeness (QED) is 0.664.